The van der Waals surface area contributed by atoms with Crippen molar-refractivity contribution in [1.82, 2.24) is 0 Å². The van der Waals surface area contributed by atoms with Crippen LogP contribution in [0.3, 0.4) is 0 Å². The Bertz CT molecular complexity index is 541. The molecule has 1 unspecified atom stereocenters. The van der Waals surface area contributed by atoms with Gasteiger partial charge in [0.05, 0.1) is 23.2 Å². The zero-order valence-corrected chi connectivity index (χ0v) is 10.9. The first kappa shape index (κ1) is 15.4. The molecule has 1 rings (SSSR count). The van der Waals surface area contributed by atoms with Crippen molar-refractivity contribution in [3.63, 3.8) is 0 Å². The molecule has 0 saturated heterocycles. The Hall–Kier alpha value is -2.64. The van der Waals surface area contributed by atoms with Crippen LogP contribution in [0.25, 0.3) is 0 Å². The number of hydrogen-bond donors (Lipinski definition) is 1. The number of carbonyl (C=O) groups is 2. The van der Waals surface area contributed by atoms with Crippen LogP contribution in [0.4, 0.5) is 5.69 Å². The summed E-state index contributed by atoms with van der Waals surface area (Å²) in [5, 5.41) is 19.6. The fraction of sp³-hybridized carbons (Fsp3) is 0.333. The summed E-state index contributed by atoms with van der Waals surface area (Å²) in [6, 6.07) is 2.08. The highest BCUT2D eigenvalue weighted by Crippen LogP contribution is 2.35. The molecule has 0 aliphatic heterocycles. The van der Waals surface area contributed by atoms with Gasteiger partial charge in [0.1, 0.15) is 0 Å². The molecule has 20 heavy (non-hydrogen) atoms. The summed E-state index contributed by atoms with van der Waals surface area (Å²) in [6.45, 7) is 3.09. The molecule has 0 fully saturated rings. The molecule has 0 bridgehead atoms. The van der Waals surface area contributed by atoms with Crippen molar-refractivity contribution < 1.29 is 29.1 Å². The number of ether oxygens (including phenoxy) is 2. The molecule has 8 nitrogen and oxygen atoms in total. The average Bonchev–Trinajstić information content (AvgIpc) is 2.40. The standard InChI is InChI=1S/C12H13NO7/c1-3-19-10-5-9(13(17)18)4-8(6-14)11(10)20-7(2)12(15)16/h4-7H,3H2,1-2H3,(H,15,16). The molecule has 1 N–H and O–H groups in total. The normalized spacial score (nSPS) is 11.5. The Kier molecular flexibility index (Phi) is 5.01. The molecule has 108 valence electrons. The van der Waals surface area contributed by atoms with E-state index < -0.39 is 17.0 Å². The maximum Gasteiger partial charge on any atom is 0.344 e. The maximum atomic E-state index is 11.0. The number of non-ortho nitro benzene ring substituents is 1. The van der Waals surface area contributed by atoms with E-state index >= 15 is 0 Å². The number of nitro groups is 1. The molecule has 1 aromatic carbocycles. The Morgan fingerprint density at radius 1 is 1.55 bits per heavy atom. The zero-order valence-electron chi connectivity index (χ0n) is 10.9. The van der Waals surface area contributed by atoms with E-state index in [2.05, 4.69) is 0 Å². The molecule has 8 heteroatoms. The van der Waals surface area contributed by atoms with Crippen molar-refractivity contribution in [2.75, 3.05) is 6.61 Å². The van der Waals surface area contributed by atoms with E-state index in [-0.39, 0.29) is 29.4 Å². The molecule has 0 spiro atoms. The summed E-state index contributed by atoms with van der Waals surface area (Å²) in [5.74, 6) is -1.40. The van der Waals surface area contributed by atoms with Crippen molar-refractivity contribution >= 4 is 17.9 Å². The molecular formula is C12H13NO7. The quantitative estimate of drug-likeness (QED) is 0.459. The lowest BCUT2D eigenvalue weighted by atomic mass is 10.1. The first-order valence-electron chi connectivity index (χ1n) is 5.70. The van der Waals surface area contributed by atoms with Gasteiger partial charge in [-0.05, 0) is 13.8 Å². The number of carbonyl (C=O) groups excluding carboxylic acids is 1. The van der Waals surface area contributed by atoms with Crippen LogP contribution in [0, 0.1) is 10.1 Å². The van der Waals surface area contributed by atoms with Gasteiger partial charge in [-0.1, -0.05) is 0 Å². The van der Waals surface area contributed by atoms with Crippen LogP contribution in [0.1, 0.15) is 24.2 Å². The van der Waals surface area contributed by atoms with Crippen LogP contribution in [-0.4, -0.2) is 35.0 Å². The molecule has 1 atom stereocenters. The van der Waals surface area contributed by atoms with Gasteiger partial charge in [-0.3, -0.25) is 14.9 Å². The van der Waals surface area contributed by atoms with Crippen LogP contribution in [-0.2, 0) is 4.79 Å². The minimum Gasteiger partial charge on any atom is -0.490 e. The monoisotopic (exact) mass is 283 g/mol. The predicted octanol–water partition coefficient (Wildman–Crippen LogP) is 1.66. The fourth-order valence-corrected chi connectivity index (χ4v) is 1.42. The minimum atomic E-state index is -1.23. The lowest BCUT2D eigenvalue weighted by Crippen LogP contribution is -2.23. The lowest BCUT2D eigenvalue weighted by molar-refractivity contribution is -0.385. The van der Waals surface area contributed by atoms with Crippen LogP contribution < -0.4 is 9.47 Å². The summed E-state index contributed by atoms with van der Waals surface area (Å²) in [6.07, 6.45) is -0.881. The van der Waals surface area contributed by atoms with Crippen molar-refractivity contribution in [2.45, 2.75) is 20.0 Å². The van der Waals surface area contributed by atoms with Gasteiger partial charge >= 0.3 is 5.97 Å². The van der Waals surface area contributed by atoms with Gasteiger partial charge < -0.3 is 14.6 Å². The molecule has 0 saturated carbocycles. The predicted molar refractivity (Wildman–Crippen MR) is 67.4 cm³/mol. The third-order valence-corrected chi connectivity index (χ3v) is 2.35. The second-order valence-corrected chi connectivity index (χ2v) is 3.77. The highest BCUT2D eigenvalue weighted by atomic mass is 16.6. The van der Waals surface area contributed by atoms with Crippen LogP contribution in [0.2, 0.25) is 0 Å². The maximum absolute atomic E-state index is 11.0. The van der Waals surface area contributed by atoms with Gasteiger partial charge in [-0.15, -0.1) is 0 Å². The summed E-state index contributed by atoms with van der Waals surface area (Å²) >= 11 is 0. The van der Waals surface area contributed by atoms with E-state index in [4.69, 9.17) is 14.6 Å². The summed E-state index contributed by atoms with van der Waals surface area (Å²) in [7, 11) is 0. The second kappa shape index (κ2) is 6.50. The smallest absolute Gasteiger partial charge is 0.344 e. The van der Waals surface area contributed by atoms with Gasteiger partial charge in [-0.2, -0.15) is 0 Å². The Morgan fingerprint density at radius 2 is 2.20 bits per heavy atom. The lowest BCUT2D eigenvalue weighted by Gasteiger charge is -2.16. The summed E-state index contributed by atoms with van der Waals surface area (Å²) in [4.78, 5) is 31.9. The molecule has 0 heterocycles. The van der Waals surface area contributed by atoms with Gasteiger partial charge in [0.15, 0.2) is 23.9 Å². The van der Waals surface area contributed by atoms with Crippen LogP contribution in [0.5, 0.6) is 11.5 Å². The molecule has 0 aromatic heterocycles. The third kappa shape index (κ3) is 3.44. The van der Waals surface area contributed by atoms with Gasteiger partial charge in [0.2, 0.25) is 0 Å². The fourth-order valence-electron chi connectivity index (χ4n) is 1.42. The Balaban J connectivity index is 3.34. The minimum absolute atomic E-state index is 0.0445. The highest BCUT2D eigenvalue weighted by molar-refractivity contribution is 5.83. The number of hydrogen-bond acceptors (Lipinski definition) is 6. The van der Waals surface area contributed by atoms with Crippen molar-refractivity contribution in [1.29, 1.82) is 0 Å². The number of rotatable bonds is 7. The molecular weight excluding hydrogens is 270 g/mol. The number of aliphatic carboxylic acids is 1. The molecule has 0 aliphatic rings. The summed E-state index contributed by atoms with van der Waals surface area (Å²) in [5.41, 5.74) is -0.485. The third-order valence-electron chi connectivity index (χ3n) is 2.35. The Morgan fingerprint density at radius 3 is 2.65 bits per heavy atom. The summed E-state index contributed by atoms with van der Waals surface area (Å²) < 4.78 is 10.3. The van der Waals surface area contributed by atoms with E-state index in [9.17, 15) is 19.7 Å². The van der Waals surface area contributed by atoms with Gasteiger partial charge in [0, 0.05) is 6.07 Å². The van der Waals surface area contributed by atoms with Crippen LogP contribution >= 0.6 is 0 Å². The largest absolute Gasteiger partial charge is 0.490 e. The zero-order chi connectivity index (χ0) is 15.3. The average molecular weight is 283 g/mol. The molecule has 0 aliphatic carbocycles. The van der Waals surface area contributed by atoms with E-state index in [1.807, 2.05) is 0 Å². The van der Waals surface area contributed by atoms with Crippen molar-refractivity contribution in [2.24, 2.45) is 0 Å². The van der Waals surface area contributed by atoms with Crippen molar-refractivity contribution in [3.05, 3.63) is 27.8 Å². The first-order chi connectivity index (χ1) is 9.40. The van der Waals surface area contributed by atoms with Crippen LogP contribution in [0.15, 0.2) is 12.1 Å². The molecule has 0 amide bonds. The first-order valence-corrected chi connectivity index (χ1v) is 5.70. The van der Waals surface area contributed by atoms with E-state index in [1.54, 1.807) is 6.92 Å². The van der Waals surface area contributed by atoms with Gasteiger partial charge in [0.25, 0.3) is 5.69 Å². The molecule has 1 aromatic rings. The van der Waals surface area contributed by atoms with E-state index in [0.717, 1.165) is 12.1 Å². The number of nitrogens with zero attached hydrogens (tertiary/aromatic N) is 1. The van der Waals surface area contributed by atoms with E-state index in [0.29, 0.717) is 6.29 Å². The number of carboxylic acids is 1. The SMILES string of the molecule is CCOc1cc([N+](=O)[O-])cc(C=O)c1OC(C)C(=O)O. The Labute approximate surface area is 114 Å². The number of nitro benzene ring substituents is 1. The molecule has 0 radical (unpaired) electrons. The van der Waals surface area contributed by atoms with Crippen molar-refractivity contribution in [3.8, 4) is 11.5 Å². The number of aldehydes is 1. The topological polar surface area (TPSA) is 116 Å². The van der Waals surface area contributed by atoms with Gasteiger partial charge in [-0.25, -0.2) is 4.79 Å². The second-order valence-electron chi connectivity index (χ2n) is 3.77. The number of carboxylic acid groups (broad SMARTS) is 1. The van der Waals surface area contributed by atoms with E-state index in [1.165, 1.54) is 6.92 Å². The highest BCUT2D eigenvalue weighted by Gasteiger charge is 2.22. The number of benzene rings is 1.